The third kappa shape index (κ3) is 5.36. The van der Waals surface area contributed by atoms with Crippen LogP contribution in [-0.4, -0.2) is 22.7 Å². The predicted octanol–water partition coefficient (Wildman–Crippen LogP) is 3.03. The van der Waals surface area contributed by atoms with E-state index in [1.165, 1.54) is 11.8 Å². The van der Waals surface area contributed by atoms with Gasteiger partial charge in [-0.2, -0.15) is 0 Å². The van der Waals surface area contributed by atoms with Crippen molar-refractivity contribution in [2.45, 2.75) is 36.5 Å². The van der Waals surface area contributed by atoms with Gasteiger partial charge < -0.3 is 5.32 Å². The second-order valence-electron chi connectivity index (χ2n) is 3.94. The molecular weight excluding hydrogens is 244 g/mol. The fourth-order valence-corrected chi connectivity index (χ4v) is 2.42. The minimum absolute atomic E-state index is 0.0685. The van der Waals surface area contributed by atoms with Crippen LogP contribution in [0, 0.1) is 0 Å². The summed E-state index contributed by atoms with van der Waals surface area (Å²) >= 11 is 1.49. The van der Waals surface area contributed by atoms with Crippen LogP contribution in [0.25, 0.3) is 0 Å². The number of rotatable bonds is 8. The van der Waals surface area contributed by atoms with Gasteiger partial charge >= 0.3 is 0 Å². The molecule has 0 aliphatic carbocycles. The van der Waals surface area contributed by atoms with Gasteiger partial charge in [-0.1, -0.05) is 37.2 Å². The third-order valence-corrected chi connectivity index (χ3v) is 3.58. The van der Waals surface area contributed by atoms with Gasteiger partial charge in [-0.15, -0.1) is 6.58 Å². The summed E-state index contributed by atoms with van der Waals surface area (Å²) in [5.41, 5.74) is 0. The van der Waals surface area contributed by atoms with Gasteiger partial charge in [0.05, 0.1) is 10.3 Å². The van der Waals surface area contributed by atoms with Crippen molar-refractivity contribution < 1.29 is 4.79 Å². The number of pyridine rings is 1. The maximum Gasteiger partial charge on any atom is 0.233 e. The van der Waals surface area contributed by atoms with Crippen LogP contribution in [0.3, 0.4) is 0 Å². The summed E-state index contributed by atoms with van der Waals surface area (Å²) in [5, 5.41) is 3.68. The number of aromatic nitrogens is 1. The quantitative estimate of drug-likeness (QED) is 0.446. The van der Waals surface area contributed by atoms with Gasteiger partial charge in [0.25, 0.3) is 0 Å². The fourth-order valence-electron chi connectivity index (χ4n) is 1.42. The van der Waals surface area contributed by atoms with Crippen LogP contribution in [-0.2, 0) is 4.79 Å². The second-order valence-corrected chi connectivity index (χ2v) is 5.17. The van der Waals surface area contributed by atoms with Gasteiger partial charge in [0, 0.05) is 12.7 Å². The number of hydrogen-bond donors (Lipinski definition) is 1. The lowest BCUT2D eigenvalue weighted by Gasteiger charge is -2.14. The maximum atomic E-state index is 12.0. The third-order valence-electron chi connectivity index (χ3n) is 2.40. The summed E-state index contributed by atoms with van der Waals surface area (Å²) in [6, 6.07) is 5.71. The number of amides is 1. The van der Waals surface area contributed by atoms with Crippen LogP contribution in [0.1, 0.15) is 26.2 Å². The van der Waals surface area contributed by atoms with Crippen molar-refractivity contribution >= 4 is 17.7 Å². The smallest absolute Gasteiger partial charge is 0.233 e. The first kappa shape index (κ1) is 14.8. The molecule has 0 saturated carbocycles. The van der Waals surface area contributed by atoms with Crippen molar-refractivity contribution in [2.24, 2.45) is 0 Å². The molecule has 1 N–H and O–H groups in total. The van der Waals surface area contributed by atoms with Crippen molar-refractivity contribution in [2.75, 3.05) is 6.54 Å². The Labute approximate surface area is 113 Å². The van der Waals surface area contributed by atoms with E-state index in [4.69, 9.17) is 0 Å². The Morgan fingerprint density at radius 3 is 3.06 bits per heavy atom. The van der Waals surface area contributed by atoms with E-state index < -0.39 is 0 Å². The van der Waals surface area contributed by atoms with E-state index in [1.807, 2.05) is 18.2 Å². The number of allylic oxidation sites excluding steroid dienone is 1. The van der Waals surface area contributed by atoms with E-state index in [-0.39, 0.29) is 11.2 Å². The van der Waals surface area contributed by atoms with Gasteiger partial charge in [-0.3, -0.25) is 4.79 Å². The molecule has 0 saturated heterocycles. The zero-order valence-electron chi connectivity index (χ0n) is 10.8. The molecule has 1 heterocycles. The zero-order valence-corrected chi connectivity index (χ0v) is 11.6. The molecular formula is C14H20N2OS. The number of carbonyl (C=O) groups excluding carboxylic acids is 1. The van der Waals surface area contributed by atoms with Crippen molar-refractivity contribution in [1.82, 2.24) is 10.3 Å². The summed E-state index contributed by atoms with van der Waals surface area (Å²) in [6.45, 7) is 6.56. The highest BCUT2D eigenvalue weighted by atomic mass is 32.2. The molecule has 4 heteroatoms. The molecule has 18 heavy (non-hydrogen) atoms. The monoisotopic (exact) mass is 264 g/mol. The molecule has 0 aromatic carbocycles. The molecule has 0 spiro atoms. The summed E-state index contributed by atoms with van der Waals surface area (Å²) in [5.74, 6) is 0.0685. The Hall–Kier alpha value is -1.29. The van der Waals surface area contributed by atoms with Crippen LogP contribution >= 0.6 is 11.8 Å². The number of nitrogens with zero attached hydrogens (tertiary/aromatic N) is 1. The Bertz CT molecular complexity index is 367. The second kappa shape index (κ2) is 8.75. The lowest BCUT2D eigenvalue weighted by atomic mass is 10.2. The van der Waals surface area contributed by atoms with Gasteiger partial charge in [-0.25, -0.2) is 4.98 Å². The molecule has 0 aliphatic rings. The van der Waals surface area contributed by atoms with E-state index in [2.05, 4.69) is 23.8 Å². The largest absolute Gasteiger partial charge is 0.355 e. The minimum atomic E-state index is -0.144. The van der Waals surface area contributed by atoms with Crippen molar-refractivity contribution in [3.05, 3.63) is 37.1 Å². The number of thioether (sulfide) groups is 1. The molecule has 1 unspecified atom stereocenters. The molecule has 98 valence electrons. The molecule has 1 aromatic rings. The lowest BCUT2D eigenvalue weighted by molar-refractivity contribution is -0.120. The van der Waals surface area contributed by atoms with E-state index in [9.17, 15) is 4.79 Å². The molecule has 0 radical (unpaired) electrons. The first-order chi connectivity index (χ1) is 8.77. The molecule has 1 atom stereocenters. The van der Waals surface area contributed by atoms with Crippen LogP contribution in [0.4, 0.5) is 0 Å². The first-order valence-corrected chi connectivity index (χ1v) is 7.12. The summed E-state index contributed by atoms with van der Waals surface area (Å²) < 4.78 is 0. The molecule has 0 bridgehead atoms. The molecule has 1 rings (SSSR count). The topological polar surface area (TPSA) is 42.0 Å². The predicted molar refractivity (Wildman–Crippen MR) is 76.6 cm³/mol. The van der Waals surface area contributed by atoms with Crippen molar-refractivity contribution in [1.29, 1.82) is 0 Å². The van der Waals surface area contributed by atoms with Crippen molar-refractivity contribution in [3.63, 3.8) is 0 Å². The van der Waals surface area contributed by atoms with Crippen LogP contribution in [0.15, 0.2) is 42.1 Å². The maximum absolute atomic E-state index is 12.0. The fraction of sp³-hybridized carbons (Fsp3) is 0.429. The van der Waals surface area contributed by atoms with Crippen molar-refractivity contribution in [3.8, 4) is 0 Å². The lowest BCUT2D eigenvalue weighted by Crippen LogP contribution is -2.33. The zero-order chi connectivity index (χ0) is 13.2. The van der Waals surface area contributed by atoms with Gasteiger partial charge in [0.1, 0.15) is 0 Å². The first-order valence-electron chi connectivity index (χ1n) is 6.24. The average molecular weight is 264 g/mol. The van der Waals surface area contributed by atoms with E-state index in [0.29, 0.717) is 6.42 Å². The molecule has 1 aromatic heterocycles. The molecule has 1 amide bonds. The number of unbranched alkanes of at least 4 members (excludes halogenated alkanes) is 1. The van der Waals surface area contributed by atoms with Gasteiger partial charge in [0.15, 0.2) is 0 Å². The summed E-state index contributed by atoms with van der Waals surface area (Å²) in [6.07, 6.45) is 6.27. The highest BCUT2D eigenvalue weighted by molar-refractivity contribution is 8.00. The highest BCUT2D eigenvalue weighted by Gasteiger charge is 2.18. The van der Waals surface area contributed by atoms with E-state index in [1.54, 1.807) is 12.3 Å². The Balaban J connectivity index is 2.53. The SMILES string of the molecule is C=CCC(Sc1ccccn1)C(=O)NCCCC. The highest BCUT2D eigenvalue weighted by Crippen LogP contribution is 2.23. The number of nitrogens with one attached hydrogen (secondary N) is 1. The van der Waals surface area contributed by atoms with E-state index in [0.717, 1.165) is 24.4 Å². The van der Waals surface area contributed by atoms with Crippen LogP contribution < -0.4 is 5.32 Å². The number of carbonyl (C=O) groups is 1. The molecule has 0 aliphatic heterocycles. The Morgan fingerprint density at radius 1 is 1.61 bits per heavy atom. The summed E-state index contributed by atoms with van der Waals surface area (Å²) in [7, 11) is 0. The minimum Gasteiger partial charge on any atom is -0.355 e. The average Bonchev–Trinajstić information content (AvgIpc) is 2.39. The van der Waals surface area contributed by atoms with Gasteiger partial charge in [0.2, 0.25) is 5.91 Å². The van der Waals surface area contributed by atoms with E-state index >= 15 is 0 Å². The van der Waals surface area contributed by atoms with Gasteiger partial charge in [-0.05, 0) is 25.0 Å². The molecule has 3 nitrogen and oxygen atoms in total. The van der Waals surface area contributed by atoms with Crippen LogP contribution in [0.2, 0.25) is 0 Å². The Kier molecular flexibility index (Phi) is 7.18. The summed E-state index contributed by atoms with van der Waals surface area (Å²) in [4.78, 5) is 16.2. The standard InChI is InChI=1S/C14H20N2OS/c1-3-5-10-16-14(17)12(8-4-2)18-13-9-6-7-11-15-13/h4,6-7,9,11-12H,2-3,5,8,10H2,1H3,(H,16,17). The molecule has 0 fully saturated rings. The Morgan fingerprint density at radius 2 is 2.44 bits per heavy atom. The normalized spacial score (nSPS) is 11.8. The number of hydrogen-bond acceptors (Lipinski definition) is 3. The van der Waals surface area contributed by atoms with Crippen LogP contribution in [0.5, 0.6) is 0 Å².